The third kappa shape index (κ3) is 5.59. The Kier molecular flexibility index (Phi) is 7.05. The van der Waals surface area contributed by atoms with E-state index in [0.29, 0.717) is 27.2 Å². The Morgan fingerprint density at radius 2 is 1.94 bits per heavy atom. The number of anilines is 1. The van der Waals surface area contributed by atoms with E-state index in [0.717, 1.165) is 4.90 Å². The lowest BCUT2D eigenvalue weighted by molar-refractivity contribution is 0.0802. The minimum Gasteiger partial charge on any atom is -0.363 e. The number of carbonyl (C=O) groups is 2. The van der Waals surface area contributed by atoms with E-state index in [1.54, 1.807) is 36.2 Å². The Morgan fingerprint density at radius 3 is 2.61 bits per heavy atom. The van der Waals surface area contributed by atoms with Gasteiger partial charge in [-0.1, -0.05) is 16.9 Å². The molecule has 10 nitrogen and oxygen atoms in total. The molecular formula is C21H19N7O3S2. The number of pyridine rings is 1. The Hall–Kier alpha value is -3.64. The third-order valence-corrected chi connectivity index (χ3v) is 6.36. The molecule has 0 aliphatic carbocycles. The molecule has 2 N–H and O–H groups in total. The zero-order valence-electron chi connectivity index (χ0n) is 17.7. The first-order valence-corrected chi connectivity index (χ1v) is 11.5. The molecule has 0 aliphatic rings. The van der Waals surface area contributed by atoms with Crippen LogP contribution < -0.4 is 5.32 Å². The van der Waals surface area contributed by atoms with Crippen LogP contribution >= 0.6 is 23.5 Å². The number of hydrogen-bond acceptors (Lipinski definition) is 9. The maximum atomic E-state index is 13.0. The second-order valence-corrected chi connectivity index (χ2v) is 8.80. The SMILES string of the molecule is CCN(C)C(=O)c1ccc(Sc2ccc(Sc3ncn[nH]3)nc2C(=O)Nc2ccon2)cc1. The van der Waals surface area contributed by atoms with Crippen molar-refractivity contribution in [2.45, 2.75) is 26.9 Å². The number of aromatic amines is 1. The maximum Gasteiger partial charge on any atom is 0.276 e. The van der Waals surface area contributed by atoms with E-state index in [2.05, 4.69) is 30.6 Å². The molecule has 0 bridgehead atoms. The molecule has 0 radical (unpaired) electrons. The Bertz CT molecular complexity index is 1230. The van der Waals surface area contributed by atoms with Gasteiger partial charge in [-0.05, 0) is 55.1 Å². The fourth-order valence-electron chi connectivity index (χ4n) is 2.68. The minimum atomic E-state index is -0.428. The van der Waals surface area contributed by atoms with Gasteiger partial charge in [0.2, 0.25) is 0 Å². The second-order valence-electron chi connectivity index (χ2n) is 6.67. The lowest BCUT2D eigenvalue weighted by Crippen LogP contribution is -2.26. The van der Waals surface area contributed by atoms with Crippen LogP contribution in [-0.4, -0.2) is 55.6 Å². The van der Waals surface area contributed by atoms with Crippen LogP contribution in [0, 0.1) is 0 Å². The Morgan fingerprint density at radius 1 is 1.12 bits per heavy atom. The molecule has 0 fully saturated rings. The standard InChI is InChI=1S/C21H19N7O3S2/c1-3-28(2)20(30)13-4-6-14(7-5-13)32-15-8-9-17(33-21-22-12-23-26-21)25-18(15)19(29)24-16-10-11-31-27-16/h4-12H,3H2,1-2H3,(H,22,23,26)(H,24,27,29). The number of nitrogens with zero attached hydrogens (tertiary/aromatic N) is 5. The first-order valence-electron chi connectivity index (χ1n) is 9.83. The summed E-state index contributed by atoms with van der Waals surface area (Å²) in [5.41, 5.74) is 0.822. The molecule has 0 aliphatic heterocycles. The average molecular weight is 482 g/mol. The molecule has 4 aromatic rings. The molecule has 33 heavy (non-hydrogen) atoms. The molecular weight excluding hydrogens is 462 g/mol. The summed E-state index contributed by atoms with van der Waals surface area (Å²) < 4.78 is 4.78. The highest BCUT2D eigenvalue weighted by Gasteiger charge is 2.18. The highest BCUT2D eigenvalue weighted by atomic mass is 32.2. The molecule has 1 aromatic carbocycles. The summed E-state index contributed by atoms with van der Waals surface area (Å²) in [4.78, 5) is 37.0. The van der Waals surface area contributed by atoms with Crippen molar-refractivity contribution in [2.75, 3.05) is 18.9 Å². The smallest absolute Gasteiger partial charge is 0.276 e. The largest absolute Gasteiger partial charge is 0.363 e. The highest BCUT2D eigenvalue weighted by Crippen LogP contribution is 2.33. The molecule has 2 amide bonds. The van der Waals surface area contributed by atoms with Gasteiger partial charge in [0, 0.05) is 35.0 Å². The van der Waals surface area contributed by atoms with Crippen molar-refractivity contribution < 1.29 is 14.1 Å². The highest BCUT2D eigenvalue weighted by molar-refractivity contribution is 7.99. The van der Waals surface area contributed by atoms with Gasteiger partial charge in [0.25, 0.3) is 11.8 Å². The van der Waals surface area contributed by atoms with Crippen LogP contribution in [0.3, 0.4) is 0 Å². The Balaban J connectivity index is 1.59. The van der Waals surface area contributed by atoms with E-state index >= 15 is 0 Å². The first kappa shape index (κ1) is 22.6. The maximum absolute atomic E-state index is 13.0. The molecule has 0 spiro atoms. The summed E-state index contributed by atoms with van der Waals surface area (Å²) in [6.07, 6.45) is 2.77. The van der Waals surface area contributed by atoms with Crippen LogP contribution in [0.2, 0.25) is 0 Å². The van der Waals surface area contributed by atoms with Gasteiger partial charge in [-0.15, -0.1) is 0 Å². The summed E-state index contributed by atoms with van der Waals surface area (Å²) in [6, 6.07) is 12.4. The summed E-state index contributed by atoms with van der Waals surface area (Å²) in [5.74, 6) is -0.186. The van der Waals surface area contributed by atoms with Crippen LogP contribution in [0.25, 0.3) is 0 Å². The molecule has 0 saturated heterocycles. The van der Waals surface area contributed by atoms with E-state index in [4.69, 9.17) is 4.52 Å². The number of nitrogens with one attached hydrogen (secondary N) is 2. The topological polar surface area (TPSA) is 130 Å². The number of benzene rings is 1. The van der Waals surface area contributed by atoms with Gasteiger partial charge in [-0.25, -0.2) is 9.97 Å². The van der Waals surface area contributed by atoms with E-state index in [1.165, 1.54) is 36.1 Å². The zero-order chi connectivity index (χ0) is 23.2. The minimum absolute atomic E-state index is 0.0443. The lowest BCUT2D eigenvalue weighted by Gasteiger charge is -2.14. The first-order chi connectivity index (χ1) is 16.0. The summed E-state index contributed by atoms with van der Waals surface area (Å²) in [5, 5.41) is 14.1. The predicted octanol–water partition coefficient (Wildman–Crippen LogP) is 3.83. The average Bonchev–Trinajstić information content (AvgIpc) is 3.54. The van der Waals surface area contributed by atoms with Crippen molar-refractivity contribution >= 4 is 41.2 Å². The predicted molar refractivity (Wildman–Crippen MR) is 122 cm³/mol. The van der Waals surface area contributed by atoms with Crippen LogP contribution in [-0.2, 0) is 0 Å². The molecule has 12 heteroatoms. The fraction of sp³-hybridized carbons (Fsp3) is 0.143. The van der Waals surface area contributed by atoms with E-state index in [1.807, 2.05) is 25.1 Å². The number of rotatable bonds is 8. The van der Waals surface area contributed by atoms with Gasteiger partial charge < -0.3 is 14.7 Å². The number of amides is 2. The lowest BCUT2D eigenvalue weighted by atomic mass is 10.2. The number of hydrogen-bond donors (Lipinski definition) is 2. The van der Waals surface area contributed by atoms with Crippen LogP contribution in [0.15, 0.2) is 79.6 Å². The van der Waals surface area contributed by atoms with E-state index in [9.17, 15) is 9.59 Å². The number of aromatic nitrogens is 5. The molecule has 168 valence electrons. The van der Waals surface area contributed by atoms with Gasteiger partial charge in [-0.3, -0.25) is 14.7 Å². The zero-order valence-corrected chi connectivity index (χ0v) is 19.3. The van der Waals surface area contributed by atoms with Gasteiger partial charge in [0.15, 0.2) is 11.0 Å². The van der Waals surface area contributed by atoms with Crippen molar-refractivity contribution in [1.29, 1.82) is 0 Å². The van der Waals surface area contributed by atoms with Crippen LogP contribution in [0.5, 0.6) is 0 Å². The second kappa shape index (κ2) is 10.3. The molecule has 4 rings (SSSR count). The fourth-order valence-corrected chi connectivity index (χ4v) is 4.25. The quantitative estimate of drug-likeness (QED) is 0.385. The molecule has 0 unspecified atom stereocenters. The number of carbonyl (C=O) groups excluding carboxylic acids is 2. The third-order valence-electron chi connectivity index (χ3n) is 4.47. The van der Waals surface area contributed by atoms with Crippen molar-refractivity contribution in [3.63, 3.8) is 0 Å². The molecule has 3 aromatic heterocycles. The van der Waals surface area contributed by atoms with Crippen LogP contribution in [0.1, 0.15) is 27.8 Å². The summed E-state index contributed by atoms with van der Waals surface area (Å²) >= 11 is 2.62. The van der Waals surface area contributed by atoms with Gasteiger partial charge in [-0.2, -0.15) is 5.10 Å². The summed E-state index contributed by atoms with van der Waals surface area (Å²) in [6.45, 7) is 2.55. The van der Waals surface area contributed by atoms with Crippen molar-refractivity contribution in [3.8, 4) is 0 Å². The monoisotopic (exact) mass is 481 g/mol. The van der Waals surface area contributed by atoms with Crippen molar-refractivity contribution in [1.82, 2.24) is 30.2 Å². The molecule has 0 atom stereocenters. The van der Waals surface area contributed by atoms with Crippen molar-refractivity contribution in [3.05, 3.63) is 66.3 Å². The van der Waals surface area contributed by atoms with Crippen molar-refractivity contribution in [2.24, 2.45) is 0 Å². The summed E-state index contributed by atoms with van der Waals surface area (Å²) in [7, 11) is 1.76. The van der Waals surface area contributed by atoms with E-state index in [-0.39, 0.29) is 17.4 Å². The molecule has 3 heterocycles. The Labute approximate surface area is 197 Å². The van der Waals surface area contributed by atoms with E-state index < -0.39 is 5.91 Å². The van der Waals surface area contributed by atoms with Gasteiger partial charge in [0.1, 0.15) is 23.3 Å². The normalized spacial score (nSPS) is 10.7. The van der Waals surface area contributed by atoms with Crippen LogP contribution in [0.4, 0.5) is 5.82 Å². The van der Waals surface area contributed by atoms with Gasteiger partial charge >= 0.3 is 0 Å². The van der Waals surface area contributed by atoms with Gasteiger partial charge in [0.05, 0.1) is 0 Å². The number of H-pyrrole nitrogens is 1. The molecule has 0 saturated carbocycles.